The summed E-state index contributed by atoms with van der Waals surface area (Å²) in [6.45, 7) is 6.62. The molecule has 0 spiro atoms. The molecule has 0 N–H and O–H groups in total. The number of hydrogen-bond acceptors (Lipinski definition) is 3. The van der Waals surface area contributed by atoms with Gasteiger partial charge < -0.3 is 0 Å². The SMILES string of the molecule is Cc1cc(C)c([C@]2(c3ccccc3)SC(c3ccccc3)=NN2c2ccccc2)c(C)c1. The second-order valence-corrected chi connectivity index (χ2v) is 9.49. The minimum Gasteiger partial charge on any atom is -0.239 e. The van der Waals surface area contributed by atoms with E-state index in [0.29, 0.717) is 0 Å². The van der Waals surface area contributed by atoms with Gasteiger partial charge in [-0.15, -0.1) is 0 Å². The van der Waals surface area contributed by atoms with Gasteiger partial charge in [0.25, 0.3) is 0 Å². The van der Waals surface area contributed by atoms with Crippen molar-refractivity contribution < 1.29 is 0 Å². The number of thioether (sulfide) groups is 1. The van der Waals surface area contributed by atoms with Crippen LogP contribution >= 0.6 is 11.8 Å². The third-order valence-electron chi connectivity index (χ3n) is 5.94. The summed E-state index contributed by atoms with van der Waals surface area (Å²) in [5.41, 5.74) is 8.59. The molecule has 158 valence electrons. The van der Waals surface area contributed by atoms with Crippen molar-refractivity contribution in [3.05, 3.63) is 137 Å². The van der Waals surface area contributed by atoms with Crippen molar-refractivity contribution >= 4 is 22.5 Å². The Morgan fingerprint density at radius 3 is 1.81 bits per heavy atom. The highest BCUT2D eigenvalue weighted by molar-refractivity contribution is 8.15. The van der Waals surface area contributed by atoms with Gasteiger partial charge in [-0.2, -0.15) is 5.10 Å². The standard InChI is InChI=1S/C29H26N2S/c1-21-19-22(2)27(23(3)20-21)29(25-15-9-5-10-16-25)31(26-17-11-6-12-18-26)30-28(32-29)24-13-7-4-8-14-24/h4-20H,1-3H3/t29-/m0/s1. The molecule has 0 bridgehead atoms. The van der Waals surface area contributed by atoms with Crippen molar-refractivity contribution in [2.24, 2.45) is 5.10 Å². The van der Waals surface area contributed by atoms with Crippen LogP contribution in [-0.2, 0) is 4.87 Å². The van der Waals surface area contributed by atoms with Crippen molar-refractivity contribution in [2.45, 2.75) is 25.6 Å². The normalized spacial score (nSPS) is 18.0. The van der Waals surface area contributed by atoms with Gasteiger partial charge in [0.2, 0.25) is 0 Å². The minimum absolute atomic E-state index is 0.504. The predicted octanol–water partition coefficient (Wildman–Crippen LogP) is 7.43. The van der Waals surface area contributed by atoms with Crippen molar-refractivity contribution in [1.82, 2.24) is 0 Å². The highest BCUT2D eigenvalue weighted by Crippen LogP contribution is 2.55. The summed E-state index contributed by atoms with van der Waals surface area (Å²) in [6.07, 6.45) is 0. The van der Waals surface area contributed by atoms with Crippen LogP contribution in [0.15, 0.2) is 108 Å². The molecule has 32 heavy (non-hydrogen) atoms. The van der Waals surface area contributed by atoms with Crippen LogP contribution in [0.5, 0.6) is 0 Å². The number of hydrogen-bond donors (Lipinski definition) is 0. The van der Waals surface area contributed by atoms with Crippen molar-refractivity contribution in [1.29, 1.82) is 0 Å². The maximum absolute atomic E-state index is 5.25. The van der Waals surface area contributed by atoms with Gasteiger partial charge in [0, 0.05) is 11.1 Å². The highest BCUT2D eigenvalue weighted by Gasteiger charge is 2.49. The van der Waals surface area contributed by atoms with E-state index in [1.807, 2.05) is 11.8 Å². The summed E-state index contributed by atoms with van der Waals surface area (Å²) in [7, 11) is 0. The Kier molecular flexibility index (Phi) is 5.36. The van der Waals surface area contributed by atoms with Crippen LogP contribution in [-0.4, -0.2) is 5.04 Å². The van der Waals surface area contributed by atoms with Crippen LogP contribution < -0.4 is 5.01 Å². The van der Waals surface area contributed by atoms with Gasteiger partial charge in [-0.1, -0.05) is 108 Å². The molecule has 0 saturated heterocycles. The molecule has 1 aliphatic heterocycles. The van der Waals surface area contributed by atoms with E-state index >= 15 is 0 Å². The van der Waals surface area contributed by atoms with E-state index in [2.05, 4.69) is 129 Å². The topological polar surface area (TPSA) is 15.6 Å². The zero-order valence-electron chi connectivity index (χ0n) is 18.6. The number of benzene rings is 4. The van der Waals surface area contributed by atoms with E-state index in [4.69, 9.17) is 5.10 Å². The molecule has 3 heteroatoms. The first-order valence-electron chi connectivity index (χ1n) is 10.9. The number of anilines is 1. The van der Waals surface area contributed by atoms with E-state index in [0.717, 1.165) is 16.3 Å². The maximum atomic E-state index is 5.25. The molecule has 0 fully saturated rings. The van der Waals surface area contributed by atoms with Gasteiger partial charge >= 0.3 is 0 Å². The number of hydrazone groups is 1. The molecule has 0 unspecified atom stereocenters. The van der Waals surface area contributed by atoms with Gasteiger partial charge in [-0.25, -0.2) is 5.01 Å². The Morgan fingerprint density at radius 1 is 0.688 bits per heavy atom. The minimum atomic E-state index is -0.504. The lowest BCUT2D eigenvalue weighted by Gasteiger charge is -2.39. The molecule has 0 aliphatic carbocycles. The summed E-state index contributed by atoms with van der Waals surface area (Å²) in [6, 6.07) is 36.4. The van der Waals surface area contributed by atoms with Gasteiger partial charge in [0.1, 0.15) is 5.04 Å². The summed E-state index contributed by atoms with van der Waals surface area (Å²) in [4.78, 5) is -0.504. The smallest absolute Gasteiger partial charge is 0.165 e. The van der Waals surface area contributed by atoms with Gasteiger partial charge in [-0.3, -0.25) is 0 Å². The van der Waals surface area contributed by atoms with Gasteiger partial charge in [-0.05, 0) is 49.6 Å². The maximum Gasteiger partial charge on any atom is 0.165 e. The van der Waals surface area contributed by atoms with Crippen LogP contribution in [0.3, 0.4) is 0 Å². The lowest BCUT2D eigenvalue weighted by Crippen LogP contribution is -2.40. The van der Waals surface area contributed by atoms with Crippen LogP contribution in [0, 0.1) is 20.8 Å². The Hall–Kier alpha value is -3.30. The highest BCUT2D eigenvalue weighted by atomic mass is 32.2. The van der Waals surface area contributed by atoms with Crippen molar-refractivity contribution in [2.75, 3.05) is 5.01 Å². The fourth-order valence-electron chi connectivity index (χ4n) is 4.73. The lowest BCUT2D eigenvalue weighted by molar-refractivity contribution is 0.684. The molecule has 4 aromatic rings. The third kappa shape index (κ3) is 3.43. The van der Waals surface area contributed by atoms with Crippen LogP contribution in [0.1, 0.15) is 33.4 Å². The molecule has 5 rings (SSSR count). The van der Waals surface area contributed by atoms with E-state index in [9.17, 15) is 0 Å². The second kappa shape index (κ2) is 8.33. The molecule has 0 amide bonds. The van der Waals surface area contributed by atoms with Crippen LogP contribution in [0.25, 0.3) is 0 Å². The zero-order valence-corrected chi connectivity index (χ0v) is 19.4. The van der Waals surface area contributed by atoms with Gasteiger partial charge in [0.05, 0.1) is 5.69 Å². The number of rotatable bonds is 4. The quantitative estimate of drug-likeness (QED) is 0.332. The summed E-state index contributed by atoms with van der Waals surface area (Å²) >= 11 is 1.83. The Balaban J connectivity index is 1.83. The fraction of sp³-hybridized carbons (Fsp3) is 0.138. The number of aryl methyl sites for hydroxylation is 3. The molecule has 0 radical (unpaired) electrons. The van der Waals surface area contributed by atoms with Crippen molar-refractivity contribution in [3.8, 4) is 0 Å². The molecule has 2 nitrogen and oxygen atoms in total. The van der Waals surface area contributed by atoms with Crippen molar-refractivity contribution in [3.63, 3.8) is 0 Å². The Bertz CT molecular complexity index is 1240. The monoisotopic (exact) mass is 434 g/mol. The first-order chi connectivity index (χ1) is 15.6. The Morgan fingerprint density at radius 2 is 1.22 bits per heavy atom. The molecule has 1 atom stereocenters. The molecule has 1 heterocycles. The molecule has 1 aliphatic rings. The first kappa shape index (κ1) is 20.6. The predicted molar refractivity (Wildman–Crippen MR) is 137 cm³/mol. The number of para-hydroxylation sites is 1. The summed E-state index contributed by atoms with van der Waals surface area (Å²) in [5, 5.41) is 8.50. The van der Waals surface area contributed by atoms with E-state index < -0.39 is 4.87 Å². The lowest BCUT2D eigenvalue weighted by atomic mass is 9.88. The van der Waals surface area contributed by atoms with E-state index in [1.54, 1.807) is 0 Å². The molecular weight excluding hydrogens is 408 g/mol. The summed E-state index contributed by atoms with van der Waals surface area (Å²) in [5.74, 6) is 0. The zero-order chi connectivity index (χ0) is 22.1. The molecule has 0 saturated carbocycles. The number of nitrogens with zero attached hydrogens (tertiary/aromatic N) is 2. The summed E-state index contributed by atoms with van der Waals surface area (Å²) < 4.78 is 0. The first-order valence-corrected chi connectivity index (χ1v) is 11.7. The third-order valence-corrected chi connectivity index (χ3v) is 7.35. The molecular formula is C29H26N2S. The second-order valence-electron chi connectivity index (χ2n) is 8.30. The Labute approximate surface area is 194 Å². The fourth-order valence-corrected chi connectivity index (χ4v) is 6.30. The van der Waals surface area contributed by atoms with Gasteiger partial charge in [0.15, 0.2) is 4.87 Å². The molecule has 0 aromatic heterocycles. The van der Waals surface area contributed by atoms with Crippen LogP contribution in [0.4, 0.5) is 5.69 Å². The van der Waals surface area contributed by atoms with E-state index in [-0.39, 0.29) is 0 Å². The van der Waals surface area contributed by atoms with Crippen LogP contribution in [0.2, 0.25) is 0 Å². The molecule has 4 aromatic carbocycles. The average Bonchev–Trinajstić information content (AvgIpc) is 3.21. The average molecular weight is 435 g/mol. The largest absolute Gasteiger partial charge is 0.239 e. The van der Waals surface area contributed by atoms with E-state index in [1.165, 1.54) is 27.8 Å².